The highest BCUT2D eigenvalue weighted by Gasteiger charge is 2.46. The fourth-order valence-corrected chi connectivity index (χ4v) is 9.64. The zero-order valence-corrected chi connectivity index (χ0v) is 29.2. The first-order valence-corrected chi connectivity index (χ1v) is 21.1. The van der Waals surface area contributed by atoms with Crippen LogP contribution in [0, 0.1) is 0 Å². The first-order chi connectivity index (χ1) is 20.0. The van der Waals surface area contributed by atoms with E-state index in [1.54, 1.807) is 44.2 Å². The highest BCUT2D eigenvalue weighted by Crippen LogP contribution is 2.50. The summed E-state index contributed by atoms with van der Waals surface area (Å²) < 4.78 is 60.4. The number of ether oxygens (including phenoxy) is 1. The summed E-state index contributed by atoms with van der Waals surface area (Å²) in [6.07, 6.45) is -0.814. The van der Waals surface area contributed by atoms with E-state index in [1.807, 2.05) is 0 Å². The van der Waals surface area contributed by atoms with Crippen LogP contribution in [0.25, 0.3) is 6.08 Å². The van der Waals surface area contributed by atoms with Crippen molar-refractivity contribution in [1.82, 2.24) is 9.80 Å². The van der Waals surface area contributed by atoms with E-state index in [0.717, 1.165) is 10.5 Å². The molecule has 19 heteroatoms. The van der Waals surface area contributed by atoms with Crippen molar-refractivity contribution >= 4 is 36.5 Å². The van der Waals surface area contributed by atoms with Gasteiger partial charge >= 0.3 is 30.4 Å². The number of rotatable bonds is 22. The van der Waals surface area contributed by atoms with Crippen molar-refractivity contribution in [3.8, 4) is 5.75 Å². The number of nitrogens with zero attached hydrogens (tertiary/aromatic N) is 2. The maximum atomic E-state index is 13.2. The third-order valence-electron chi connectivity index (χ3n) is 7.00. The second-order valence-electron chi connectivity index (χ2n) is 11.4. The minimum absolute atomic E-state index is 0.115. The maximum absolute atomic E-state index is 13.2. The van der Waals surface area contributed by atoms with Crippen LogP contribution in [0.4, 0.5) is 0 Å². The first-order valence-electron chi connectivity index (χ1n) is 13.9. The number of hydrogen-bond acceptors (Lipinski definition) is 8. The Morgan fingerprint density at radius 2 is 1.25 bits per heavy atom. The average molecular weight is 709 g/mol. The van der Waals surface area contributed by atoms with E-state index in [9.17, 15) is 52.5 Å². The summed E-state index contributed by atoms with van der Waals surface area (Å²) in [6, 6.07) is 6.87. The normalized spacial score (nSPS) is 17.2. The van der Waals surface area contributed by atoms with E-state index in [4.69, 9.17) is 9.26 Å². The maximum Gasteiger partial charge on any atom is 0.342 e. The highest BCUT2D eigenvalue weighted by atomic mass is 31.2. The lowest BCUT2D eigenvalue weighted by Gasteiger charge is -2.49. The molecule has 0 spiro atoms. The summed E-state index contributed by atoms with van der Waals surface area (Å²) in [7, 11) is -19.0. The SMILES string of the molecule is C=Cc1ccc(OCCOP(=O)(O)CN(CP(=O)(O)O)C(C)(CCC)CN(CP(=O)(O)O)C(C)(CCC)CP(=O)(O)O)cc1. The Hall–Kier alpha value is -0.720. The standard InChI is InChI=1S/C25H48N2O13P4/c1-6-13-24(4,17-26(19-42(31,32)33)25(5,14-7-2)18-41(28,29)30)27(20-43(34,35)36)21-44(37,38)40-16-15-39-23-11-9-22(8-3)10-12-23/h8-12H,3,6-7,13-21H2,1-2,4-5H3,(H,37,38)(H2,28,29,30)(H2,31,32,33)(H2,34,35,36). The monoisotopic (exact) mass is 708 g/mol. The smallest absolute Gasteiger partial charge is 0.342 e. The molecule has 7 N–H and O–H groups in total. The summed E-state index contributed by atoms with van der Waals surface area (Å²) in [6.45, 7) is 9.30. The van der Waals surface area contributed by atoms with Crippen molar-refractivity contribution < 1.29 is 61.8 Å². The number of benzene rings is 1. The van der Waals surface area contributed by atoms with Gasteiger partial charge in [0.05, 0.1) is 12.8 Å². The topological polar surface area (TPSA) is 235 Å². The zero-order valence-electron chi connectivity index (χ0n) is 25.6. The molecule has 44 heavy (non-hydrogen) atoms. The lowest BCUT2D eigenvalue weighted by molar-refractivity contribution is 0.0279. The average Bonchev–Trinajstić information content (AvgIpc) is 2.83. The molecular weight excluding hydrogens is 660 g/mol. The van der Waals surface area contributed by atoms with Crippen LogP contribution in [0.15, 0.2) is 30.8 Å². The van der Waals surface area contributed by atoms with E-state index in [-0.39, 0.29) is 32.6 Å². The molecule has 0 aliphatic heterocycles. The van der Waals surface area contributed by atoms with Crippen LogP contribution < -0.4 is 4.74 Å². The van der Waals surface area contributed by atoms with Crippen molar-refractivity contribution in [2.75, 3.05) is 44.8 Å². The third-order valence-corrected chi connectivity index (χ3v) is 10.8. The minimum Gasteiger partial charge on any atom is -0.491 e. The Labute approximate surface area is 259 Å². The zero-order chi connectivity index (χ0) is 34.0. The van der Waals surface area contributed by atoms with Crippen molar-refractivity contribution in [2.45, 2.75) is 64.5 Å². The Morgan fingerprint density at radius 3 is 1.70 bits per heavy atom. The third kappa shape index (κ3) is 15.7. The molecule has 0 bridgehead atoms. The highest BCUT2D eigenvalue weighted by molar-refractivity contribution is 7.53. The van der Waals surface area contributed by atoms with E-state index in [1.165, 1.54) is 18.7 Å². The molecule has 0 saturated carbocycles. The molecular formula is C25H48N2O13P4. The molecule has 0 aromatic heterocycles. The van der Waals surface area contributed by atoms with Crippen LogP contribution in [0.5, 0.6) is 5.75 Å². The van der Waals surface area contributed by atoms with Crippen LogP contribution in [0.3, 0.4) is 0 Å². The van der Waals surface area contributed by atoms with E-state index in [0.29, 0.717) is 18.6 Å². The van der Waals surface area contributed by atoms with Gasteiger partial charge < -0.3 is 43.5 Å². The Bertz CT molecular complexity index is 1250. The second-order valence-corrected chi connectivity index (χ2v) is 18.1. The summed E-state index contributed by atoms with van der Waals surface area (Å²) in [4.78, 5) is 72.2. The van der Waals surface area contributed by atoms with Crippen LogP contribution >= 0.6 is 30.4 Å². The second kappa shape index (κ2) is 16.9. The molecule has 0 heterocycles. The van der Waals surface area contributed by atoms with Crippen molar-refractivity contribution in [3.63, 3.8) is 0 Å². The summed E-state index contributed by atoms with van der Waals surface area (Å²) in [5.41, 5.74) is -2.00. The van der Waals surface area contributed by atoms with Gasteiger partial charge in [0.2, 0.25) is 0 Å². The van der Waals surface area contributed by atoms with Crippen LogP contribution in [-0.2, 0) is 22.8 Å². The fraction of sp³-hybridized carbons (Fsp3) is 0.680. The van der Waals surface area contributed by atoms with Gasteiger partial charge in [-0.2, -0.15) is 0 Å². The molecule has 0 fully saturated rings. The van der Waals surface area contributed by atoms with E-state index in [2.05, 4.69) is 6.58 Å². The van der Waals surface area contributed by atoms with Gasteiger partial charge in [-0.3, -0.25) is 28.1 Å². The minimum atomic E-state index is -4.87. The molecule has 0 amide bonds. The fourth-order valence-electron chi connectivity index (χ4n) is 5.14. The largest absolute Gasteiger partial charge is 0.491 e. The van der Waals surface area contributed by atoms with Gasteiger partial charge in [0.1, 0.15) is 31.2 Å². The van der Waals surface area contributed by atoms with E-state index < -0.39 is 66.5 Å². The predicted molar refractivity (Wildman–Crippen MR) is 169 cm³/mol. The summed E-state index contributed by atoms with van der Waals surface area (Å²) in [5, 5.41) is 0. The molecule has 0 saturated heterocycles. The molecule has 15 nitrogen and oxygen atoms in total. The first kappa shape index (κ1) is 41.3. The van der Waals surface area contributed by atoms with E-state index >= 15 is 0 Å². The van der Waals surface area contributed by atoms with Crippen LogP contribution in [0.2, 0.25) is 0 Å². The van der Waals surface area contributed by atoms with Crippen molar-refractivity contribution in [1.29, 1.82) is 0 Å². The molecule has 3 unspecified atom stereocenters. The van der Waals surface area contributed by atoms with Gasteiger partial charge in [-0.05, 0) is 44.4 Å². The molecule has 1 rings (SSSR count). The predicted octanol–water partition coefficient (Wildman–Crippen LogP) is 4.04. The van der Waals surface area contributed by atoms with Crippen molar-refractivity contribution in [3.05, 3.63) is 36.4 Å². The molecule has 0 radical (unpaired) electrons. The summed E-state index contributed by atoms with van der Waals surface area (Å²) in [5.74, 6) is 0.473. The van der Waals surface area contributed by atoms with Crippen LogP contribution in [-0.4, -0.2) is 99.9 Å². The van der Waals surface area contributed by atoms with Gasteiger partial charge in [-0.15, -0.1) is 0 Å². The van der Waals surface area contributed by atoms with Crippen molar-refractivity contribution in [2.24, 2.45) is 0 Å². The molecule has 256 valence electrons. The molecule has 0 aliphatic rings. The Balaban J connectivity index is 3.36. The van der Waals surface area contributed by atoms with Gasteiger partial charge in [-0.1, -0.05) is 51.5 Å². The molecule has 1 aromatic rings. The lowest BCUT2D eigenvalue weighted by Crippen LogP contribution is -2.60. The van der Waals surface area contributed by atoms with Gasteiger partial charge in [-0.25, -0.2) is 0 Å². The van der Waals surface area contributed by atoms with Gasteiger partial charge in [0.15, 0.2) is 0 Å². The Kier molecular flexibility index (Phi) is 15.9. The van der Waals surface area contributed by atoms with Gasteiger partial charge in [0.25, 0.3) is 0 Å². The molecule has 1 aromatic carbocycles. The quantitative estimate of drug-likeness (QED) is 0.0665. The van der Waals surface area contributed by atoms with Gasteiger partial charge in [0, 0.05) is 17.6 Å². The molecule has 3 atom stereocenters. The number of hydrogen-bond donors (Lipinski definition) is 7. The molecule has 0 aliphatic carbocycles. The Morgan fingerprint density at radius 1 is 0.750 bits per heavy atom. The lowest BCUT2D eigenvalue weighted by atomic mass is 9.89. The van der Waals surface area contributed by atoms with Crippen LogP contribution in [0.1, 0.15) is 58.9 Å². The summed E-state index contributed by atoms with van der Waals surface area (Å²) >= 11 is 0.